The monoisotopic (exact) mass is 331 g/mol. The van der Waals surface area contributed by atoms with Crippen molar-refractivity contribution in [1.29, 1.82) is 0 Å². The van der Waals surface area contributed by atoms with E-state index >= 15 is 0 Å². The Kier molecular flexibility index (Phi) is 3.82. The molecular formula is C20H17N3O2. The molecule has 0 bridgehead atoms. The molecule has 0 aliphatic rings. The molecule has 0 fully saturated rings. The van der Waals surface area contributed by atoms with Crippen LogP contribution in [0.4, 0.5) is 0 Å². The average Bonchev–Trinajstić information content (AvgIpc) is 3.05. The lowest BCUT2D eigenvalue weighted by Gasteiger charge is -2.08. The van der Waals surface area contributed by atoms with Crippen molar-refractivity contribution in [2.75, 3.05) is 6.54 Å². The van der Waals surface area contributed by atoms with Gasteiger partial charge in [-0.1, -0.05) is 30.3 Å². The van der Waals surface area contributed by atoms with Crippen LogP contribution in [0.1, 0.15) is 15.9 Å². The summed E-state index contributed by atoms with van der Waals surface area (Å²) in [5, 5.41) is 15.1. The second-order valence-corrected chi connectivity index (χ2v) is 5.90. The molecular weight excluding hydrogens is 314 g/mol. The summed E-state index contributed by atoms with van der Waals surface area (Å²) < 4.78 is 0. The highest BCUT2D eigenvalue weighted by Crippen LogP contribution is 2.26. The number of phenols is 1. The Morgan fingerprint density at radius 1 is 1.12 bits per heavy atom. The summed E-state index contributed by atoms with van der Waals surface area (Å²) >= 11 is 0. The summed E-state index contributed by atoms with van der Waals surface area (Å²) in [7, 11) is 0. The van der Waals surface area contributed by atoms with E-state index in [9.17, 15) is 9.90 Å². The molecule has 2 heterocycles. The second-order valence-electron chi connectivity index (χ2n) is 5.90. The molecule has 4 aromatic rings. The van der Waals surface area contributed by atoms with Gasteiger partial charge >= 0.3 is 0 Å². The van der Waals surface area contributed by atoms with Crippen LogP contribution >= 0.6 is 0 Å². The number of nitrogens with one attached hydrogen (secondary N) is 2. The van der Waals surface area contributed by atoms with Gasteiger partial charge in [0.2, 0.25) is 0 Å². The van der Waals surface area contributed by atoms with Crippen molar-refractivity contribution in [2.24, 2.45) is 0 Å². The molecule has 0 spiro atoms. The Bertz CT molecular complexity index is 1070. The molecule has 0 aliphatic heterocycles. The Hall–Kier alpha value is -3.34. The number of rotatable bonds is 4. The van der Waals surface area contributed by atoms with E-state index in [1.54, 1.807) is 24.4 Å². The molecule has 25 heavy (non-hydrogen) atoms. The zero-order valence-corrected chi connectivity index (χ0v) is 13.5. The predicted molar refractivity (Wildman–Crippen MR) is 97.7 cm³/mol. The van der Waals surface area contributed by atoms with E-state index in [4.69, 9.17) is 0 Å². The van der Waals surface area contributed by atoms with Gasteiger partial charge < -0.3 is 15.4 Å². The van der Waals surface area contributed by atoms with Crippen LogP contribution in [0.15, 0.2) is 60.9 Å². The number of para-hydroxylation sites is 1. The van der Waals surface area contributed by atoms with Crippen molar-refractivity contribution < 1.29 is 9.90 Å². The van der Waals surface area contributed by atoms with Gasteiger partial charge in [-0.3, -0.25) is 9.78 Å². The van der Waals surface area contributed by atoms with Crippen LogP contribution < -0.4 is 5.32 Å². The van der Waals surface area contributed by atoms with E-state index in [2.05, 4.69) is 21.4 Å². The van der Waals surface area contributed by atoms with E-state index in [0.29, 0.717) is 18.5 Å². The summed E-state index contributed by atoms with van der Waals surface area (Å²) in [5.74, 6) is -0.382. The third kappa shape index (κ3) is 2.80. The summed E-state index contributed by atoms with van der Waals surface area (Å²) in [5.41, 5.74) is 2.92. The molecule has 0 saturated heterocycles. The summed E-state index contributed by atoms with van der Waals surface area (Å²) in [6.07, 6.45) is 4.28. The van der Waals surface area contributed by atoms with Crippen LogP contribution in [0.2, 0.25) is 0 Å². The van der Waals surface area contributed by atoms with E-state index in [0.717, 1.165) is 21.9 Å². The Balaban J connectivity index is 1.48. The zero-order chi connectivity index (χ0) is 17.2. The third-order valence-corrected chi connectivity index (χ3v) is 4.35. The number of aromatic hydroxyl groups is 1. The number of nitrogens with zero attached hydrogens (tertiary/aromatic N) is 1. The number of carbonyl (C=O) groups excluding carboxylic acids is 1. The first kappa shape index (κ1) is 15.2. The minimum absolute atomic E-state index is 0.0808. The van der Waals surface area contributed by atoms with Crippen molar-refractivity contribution in [3.63, 3.8) is 0 Å². The lowest BCUT2D eigenvalue weighted by atomic mass is 10.1. The van der Waals surface area contributed by atoms with E-state index in [1.165, 1.54) is 0 Å². The fraction of sp³-hybridized carbons (Fsp3) is 0.100. The highest BCUT2D eigenvalue weighted by molar-refractivity contribution is 6.02. The van der Waals surface area contributed by atoms with Crippen molar-refractivity contribution >= 4 is 27.7 Å². The van der Waals surface area contributed by atoms with Gasteiger partial charge in [0.25, 0.3) is 5.91 Å². The molecule has 3 N–H and O–H groups in total. The smallest absolute Gasteiger partial charge is 0.255 e. The quantitative estimate of drug-likeness (QED) is 0.536. The SMILES string of the molecule is O=C(NCCc1c[nH]c2ccccc12)c1ccc2cccnc2c1O. The van der Waals surface area contributed by atoms with E-state index < -0.39 is 0 Å². The minimum Gasteiger partial charge on any atom is -0.505 e. The largest absolute Gasteiger partial charge is 0.505 e. The van der Waals surface area contributed by atoms with Gasteiger partial charge in [0.1, 0.15) is 5.52 Å². The number of fused-ring (bicyclic) bond motifs is 2. The van der Waals surface area contributed by atoms with Crippen molar-refractivity contribution in [1.82, 2.24) is 15.3 Å². The summed E-state index contributed by atoms with van der Waals surface area (Å²) in [6.45, 7) is 0.486. The molecule has 0 unspecified atom stereocenters. The van der Waals surface area contributed by atoms with Crippen LogP contribution in [-0.2, 0) is 6.42 Å². The maximum Gasteiger partial charge on any atom is 0.255 e. The molecule has 2 aromatic heterocycles. The molecule has 5 heteroatoms. The lowest BCUT2D eigenvalue weighted by molar-refractivity contribution is 0.0951. The van der Waals surface area contributed by atoms with Crippen molar-refractivity contribution in [2.45, 2.75) is 6.42 Å². The molecule has 2 aromatic carbocycles. The fourth-order valence-corrected chi connectivity index (χ4v) is 3.06. The van der Waals surface area contributed by atoms with Crippen molar-refractivity contribution in [3.05, 3.63) is 72.1 Å². The van der Waals surface area contributed by atoms with Crippen LogP contribution in [0.5, 0.6) is 5.75 Å². The summed E-state index contributed by atoms with van der Waals surface area (Å²) in [4.78, 5) is 19.8. The number of amides is 1. The fourth-order valence-electron chi connectivity index (χ4n) is 3.06. The van der Waals surface area contributed by atoms with Gasteiger partial charge in [-0.25, -0.2) is 0 Å². The van der Waals surface area contributed by atoms with Crippen LogP contribution in [0.3, 0.4) is 0 Å². The molecule has 0 saturated carbocycles. The third-order valence-electron chi connectivity index (χ3n) is 4.35. The zero-order valence-electron chi connectivity index (χ0n) is 13.5. The van der Waals surface area contributed by atoms with Crippen LogP contribution in [0.25, 0.3) is 21.8 Å². The molecule has 1 amide bonds. The van der Waals surface area contributed by atoms with Gasteiger partial charge in [-0.2, -0.15) is 0 Å². The first-order valence-corrected chi connectivity index (χ1v) is 8.14. The number of hydrogen-bond donors (Lipinski definition) is 3. The average molecular weight is 331 g/mol. The second kappa shape index (κ2) is 6.28. The molecule has 5 nitrogen and oxygen atoms in total. The van der Waals surface area contributed by atoms with Crippen molar-refractivity contribution in [3.8, 4) is 5.75 Å². The Morgan fingerprint density at radius 2 is 2.00 bits per heavy atom. The molecule has 4 rings (SSSR count). The number of aromatic amines is 1. The topological polar surface area (TPSA) is 78.0 Å². The maximum absolute atomic E-state index is 12.4. The molecule has 0 atom stereocenters. The number of H-pyrrole nitrogens is 1. The molecule has 0 radical (unpaired) electrons. The van der Waals surface area contributed by atoms with E-state index in [1.807, 2.05) is 30.5 Å². The normalized spacial score (nSPS) is 11.0. The number of benzene rings is 2. The number of pyridine rings is 1. The summed E-state index contributed by atoms with van der Waals surface area (Å²) in [6, 6.07) is 15.1. The predicted octanol–water partition coefficient (Wildman–Crippen LogP) is 3.39. The Labute approximate surface area is 144 Å². The van der Waals surface area contributed by atoms with Crippen LogP contribution in [0, 0.1) is 0 Å². The number of aromatic nitrogens is 2. The van der Waals surface area contributed by atoms with E-state index in [-0.39, 0.29) is 17.2 Å². The van der Waals surface area contributed by atoms with Gasteiger partial charge in [0.05, 0.1) is 5.56 Å². The number of carbonyl (C=O) groups is 1. The minimum atomic E-state index is -0.301. The van der Waals surface area contributed by atoms with Gasteiger partial charge in [-0.15, -0.1) is 0 Å². The standard InChI is InChI=1S/C20H17N3O2/c24-19-16(8-7-13-4-3-10-21-18(13)19)20(25)22-11-9-14-12-23-17-6-2-1-5-15(14)17/h1-8,10,12,23-24H,9,11H2,(H,22,25). The number of phenolic OH excluding ortho intramolecular Hbond substituents is 1. The van der Waals surface area contributed by atoms with Crippen LogP contribution in [-0.4, -0.2) is 27.5 Å². The first-order valence-electron chi connectivity index (χ1n) is 8.14. The molecule has 0 aliphatic carbocycles. The van der Waals surface area contributed by atoms with Gasteiger partial charge in [-0.05, 0) is 30.2 Å². The highest BCUT2D eigenvalue weighted by Gasteiger charge is 2.14. The lowest BCUT2D eigenvalue weighted by Crippen LogP contribution is -2.25. The maximum atomic E-state index is 12.4. The van der Waals surface area contributed by atoms with Gasteiger partial charge in [0, 0.05) is 35.2 Å². The number of hydrogen-bond acceptors (Lipinski definition) is 3. The molecule has 124 valence electrons. The first-order chi connectivity index (χ1) is 12.2. The Morgan fingerprint density at radius 3 is 2.92 bits per heavy atom. The highest BCUT2D eigenvalue weighted by atomic mass is 16.3. The van der Waals surface area contributed by atoms with Gasteiger partial charge in [0.15, 0.2) is 5.75 Å².